The first-order valence-electron chi connectivity index (χ1n) is 7.72. The molecule has 0 aliphatic carbocycles. The van der Waals surface area contributed by atoms with Crippen LogP contribution in [0.15, 0.2) is 91.0 Å². The highest BCUT2D eigenvalue weighted by atomic mass is 17.2. The van der Waals surface area contributed by atoms with Gasteiger partial charge in [0.05, 0.1) is 11.1 Å². The SMILES string of the molecule is Cc1ccccc1.O=C(OOC(=O)c1ccccc1)c1ccccc1. The molecule has 0 bridgehead atoms. The normalized spacial score (nSPS) is 9.32. The number of benzene rings is 3. The lowest BCUT2D eigenvalue weighted by Gasteiger charge is -2.02. The number of aryl methyl sites for hydroxylation is 1. The summed E-state index contributed by atoms with van der Waals surface area (Å²) in [6.45, 7) is 2.08. The summed E-state index contributed by atoms with van der Waals surface area (Å²) in [4.78, 5) is 31.9. The minimum atomic E-state index is -0.708. The standard InChI is InChI=1S/C14H10O4.C7H8/c15-13(11-7-3-1-4-8-11)17-18-14(16)12-9-5-2-6-10-12;1-7-5-3-2-4-6-7/h1-10H;2-6H,1H3. The second-order valence-electron chi connectivity index (χ2n) is 5.13. The molecule has 4 nitrogen and oxygen atoms in total. The fourth-order valence-corrected chi connectivity index (χ4v) is 1.85. The molecule has 0 aromatic heterocycles. The maximum atomic E-state index is 11.5. The van der Waals surface area contributed by atoms with Gasteiger partial charge in [-0.1, -0.05) is 72.3 Å². The van der Waals surface area contributed by atoms with Crippen LogP contribution in [0.4, 0.5) is 0 Å². The Bertz CT molecular complexity index is 732. The zero-order valence-electron chi connectivity index (χ0n) is 13.8. The van der Waals surface area contributed by atoms with E-state index < -0.39 is 11.9 Å². The molecule has 0 saturated carbocycles. The van der Waals surface area contributed by atoms with Crippen LogP contribution < -0.4 is 0 Å². The van der Waals surface area contributed by atoms with E-state index in [0.717, 1.165) is 0 Å². The molecule has 0 unspecified atom stereocenters. The van der Waals surface area contributed by atoms with Crippen molar-refractivity contribution in [2.75, 3.05) is 0 Å². The maximum absolute atomic E-state index is 11.5. The number of carbonyl (C=O) groups excluding carboxylic acids is 2. The predicted octanol–water partition coefficient (Wildman–Crippen LogP) is 4.61. The van der Waals surface area contributed by atoms with Crippen molar-refractivity contribution in [3.05, 3.63) is 108 Å². The van der Waals surface area contributed by atoms with Crippen LogP contribution in [-0.4, -0.2) is 11.9 Å². The second kappa shape index (κ2) is 9.67. The Morgan fingerprint density at radius 3 is 1.16 bits per heavy atom. The first kappa shape index (κ1) is 17.9. The summed E-state index contributed by atoms with van der Waals surface area (Å²) in [5.41, 5.74) is 1.96. The molecule has 0 amide bonds. The molecule has 0 N–H and O–H groups in total. The molecule has 3 aromatic carbocycles. The van der Waals surface area contributed by atoms with E-state index in [0.29, 0.717) is 11.1 Å². The first-order valence-corrected chi connectivity index (χ1v) is 7.72. The average molecular weight is 334 g/mol. The fraction of sp³-hybridized carbons (Fsp3) is 0.0476. The van der Waals surface area contributed by atoms with Crippen LogP contribution in [0.1, 0.15) is 26.3 Å². The largest absolute Gasteiger partial charge is 0.386 e. The van der Waals surface area contributed by atoms with Crippen LogP contribution in [0.5, 0.6) is 0 Å². The van der Waals surface area contributed by atoms with Gasteiger partial charge in [0.1, 0.15) is 0 Å². The van der Waals surface area contributed by atoms with Gasteiger partial charge < -0.3 is 0 Å². The van der Waals surface area contributed by atoms with E-state index in [-0.39, 0.29) is 0 Å². The van der Waals surface area contributed by atoms with Crippen molar-refractivity contribution < 1.29 is 19.4 Å². The van der Waals surface area contributed by atoms with Crippen molar-refractivity contribution >= 4 is 11.9 Å². The molecule has 0 fully saturated rings. The van der Waals surface area contributed by atoms with Crippen molar-refractivity contribution in [2.45, 2.75) is 6.92 Å². The fourth-order valence-electron chi connectivity index (χ4n) is 1.85. The van der Waals surface area contributed by atoms with Gasteiger partial charge in [-0.15, -0.1) is 0 Å². The summed E-state index contributed by atoms with van der Waals surface area (Å²) < 4.78 is 0. The molecule has 0 saturated heterocycles. The molecule has 126 valence electrons. The van der Waals surface area contributed by atoms with Gasteiger partial charge in [-0.2, -0.15) is 0 Å². The van der Waals surface area contributed by atoms with Gasteiger partial charge in [-0.05, 0) is 31.2 Å². The van der Waals surface area contributed by atoms with Gasteiger partial charge in [-0.25, -0.2) is 19.4 Å². The smallest absolute Gasteiger partial charge is 0.242 e. The van der Waals surface area contributed by atoms with Crippen molar-refractivity contribution in [1.82, 2.24) is 0 Å². The van der Waals surface area contributed by atoms with Gasteiger partial charge in [0, 0.05) is 0 Å². The lowest BCUT2D eigenvalue weighted by atomic mass is 10.2. The van der Waals surface area contributed by atoms with Gasteiger partial charge in [0.25, 0.3) is 0 Å². The van der Waals surface area contributed by atoms with E-state index in [4.69, 9.17) is 0 Å². The van der Waals surface area contributed by atoms with Crippen LogP contribution in [-0.2, 0) is 9.78 Å². The molecular weight excluding hydrogens is 316 g/mol. The lowest BCUT2D eigenvalue weighted by Crippen LogP contribution is -2.11. The zero-order valence-corrected chi connectivity index (χ0v) is 13.8. The maximum Gasteiger partial charge on any atom is 0.386 e. The Labute approximate surface area is 146 Å². The monoisotopic (exact) mass is 334 g/mol. The van der Waals surface area contributed by atoms with Crippen LogP contribution in [0, 0.1) is 6.92 Å². The van der Waals surface area contributed by atoms with E-state index in [2.05, 4.69) is 28.8 Å². The van der Waals surface area contributed by atoms with Gasteiger partial charge in [0.2, 0.25) is 0 Å². The summed E-state index contributed by atoms with van der Waals surface area (Å²) in [6, 6.07) is 26.8. The molecule has 25 heavy (non-hydrogen) atoms. The molecule has 3 rings (SSSR count). The quantitative estimate of drug-likeness (QED) is 0.507. The Balaban J connectivity index is 0.000000269. The number of rotatable bonds is 2. The average Bonchev–Trinajstić information content (AvgIpc) is 2.68. The van der Waals surface area contributed by atoms with E-state index >= 15 is 0 Å². The molecule has 0 aliphatic heterocycles. The number of carbonyl (C=O) groups is 2. The van der Waals surface area contributed by atoms with Gasteiger partial charge in [-0.3, -0.25) is 0 Å². The lowest BCUT2D eigenvalue weighted by molar-refractivity contribution is -0.187. The van der Waals surface area contributed by atoms with Crippen molar-refractivity contribution in [3.8, 4) is 0 Å². The molecular formula is C21H18O4. The Hall–Kier alpha value is -3.40. The highest BCUT2D eigenvalue weighted by Gasteiger charge is 2.12. The predicted molar refractivity (Wildman–Crippen MR) is 94.9 cm³/mol. The molecule has 0 heterocycles. The third-order valence-corrected chi connectivity index (χ3v) is 3.15. The minimum absolute atomic E-state index is 0.318. The zero-order chi connectivity index (χ0) is 17.9. The molecule has 0 radical (unpaired) electrons. The van der Waals surface area contributed by atoms with Crippen LogP contribution in [0.2, 0.25) is 0 Å². The van der Waals surface area contributed by atoms with Crippen molar-refractivity contribution in [1.29, 1.82) is 0 Å². The van der Waals surface area contributed by atoms with E-state index in [1.165, 1.54) is 5.56 Å². The Kier molecular flexibility index (Phi) is 6.95. The second-order valence-corrected chi connectivity index (χ2v) is 5.13. The summed E-state index contributed by atoms with van der Waals surface area (Å²) in [5, 5.41) is 0. The van der Waals surface area contributed by atoms with Crippen LogP contribution in [0.3, 0.4) is 0 Å². The molecule has 3 aromatic rings. The third kappa shape index (κ3) is 6.31. The summed E-state index contributed by atoms with van der Waals surface area (Å²) >= 11 is 0. The molecule has 4 heteroatoms. The highest BCUT2D eigenvalue weighted by Crippen LogP contribution is 2.05. The van der Waals surface area contributed by atoms with E-state index in [1.807, 2.05) is 18.2 Å². The topological polar surface area (TPSA) is 52.6 Å². The van der Waals surface area contributed by atoms with Crippen molar-refractivity contribution in [2.24, 2.45) is 0 Å². The van der Waals surface area contributed by atoms with Crippen LogP contribution >= 0.6 is 0 Å². The van der Waals surface area contributed by atoms with E-state index in [9.17, 15) is 9.59 Å². The Morgan fingerprint density at radius 1 is 0.560 bits per heavy atom. The first-order chi connectivity index (χ1) is 12.2. The summed E-state index contributed by atoms with van der Waals surface area (Å²) in [5.74, 6) is -1.42. The molecule has 0 atom stereocenters. The third-order valence-electron chi connectivity index (χ3n) is 3.15. The molecule has 0 spiro atoms. The Morgan fingerprint density at radius 2 is 0.880 bits per heavy atom. The highest BCUT2D eigenvalue weighted by molar-refractivity contribution is 5.92. The van der Waals surface area contributed by atoms with Crippen LogP contribution in [0.25, 0.3) is 0 Å². The summed E-state index contributed by atoms with van der Waals surface area (Å²) in [6.07, 6.45) is 0. The minimum Gasteiger partial charge on any atom is -0.242 e. The summed E-state index contributed by atoms with van der Waals surface area (Å²) in [7, 11) is 0. The van der Waals surface area contributed by atoms with Gasteiger partial charge in [0.15, 0.2) is 0 Å². The van der Waals surface area contributed by atoms with Gasteiger partial charge >= 0.3 is 11.9 Å². The molecule has 0 aliphatic rings. The van der Waals surface area contributed by atoms with E-state index in [1.54, 1.807) is 60.7 Å². The number of hydrogen-bond donors (Lipinski definition) is 0. The van der Waals surface area contributed by atoms with Crippen molar-refractivity contribution in [3.63, 3.8) is 0 Å². The number of hydrogen-bond acceptors (Lipinski definition) is 4.